The van der Waals surface area contributed by atoms with Crippen molar-refractivity contribution in [2.24, 2.45) is 10.1 Å². The lowest BCUT2D eigenvalue weighted by Gasteiger charge is -2.23. The number of hydrogen-bond donors (Lipinski definition) is 1. The van der Waals surface area contributed by atoms with Crippen molar-refractivity contribution in [2.75, 3.05) is 5.32 Å². The van der Waals surface area contributed by atoms with E-state index in [1.54, 1.807) is 24.1 Å². The van der Waals surface area contributed by atoms with E-state index in [0.29, 0.717) is 27.9 Å². The third-order valence-electron chi connectivity index (χ3n) is 6.31. The van der Waals surface area contributed by atoms with Crippen LogP contribution in [0.5, 0.6) is 0 Å². The number of anilines is 1. The van der Waals surface area contributed by atoms with Gasteiger partial charge in [-0.05, 0) is 48.7 Å². The summed E-state index contributed by atoms with van der Waals surface area (Å²) in [5.41, 5.74) is 4.72. The van der Waals surface area contributed by atoms with Crippen molar-refractivity contribution in [2.45, 2.75) is 38.0 Å². The number of hydrogen-bond acceptors (Lipinski definition) is 5. The van der Waals surface area contributed by atoms with Gasteiger partial charge in [-0.15, -0.1) is 0 Å². The van der Waals surface area contributed by atoms with Crippen molar-refractivity contribution in [1.82, 2.24) is 5.01 Å². The second kappa shape index (κ2) is 10.5. The maximum atomic E-state index is 13.8. The predicted octanol–water partition coefficient (Wildman–Crippen LogP) is 6.27. The molecule has 3 aromatic carbocycles. The quantitative estimate of drug-likeness (QED) is 0.418. The van der Waals surface area contributed by atoms with Crippen molar-refractivity contribution < 1.29 is 14.0 Å². The van der Waals surface area contributed by atoms with Gasteiger partial charge in [0.1, 0.15) is 11.1 Å². The molecule has 0 aromatic heterocycles. The van der Waals surface area contributed by atoms with E-state index in [4.69, 9.17) is 16.7 Å². The van der Waals surface area contributed by atoms with Crippen LogP contribution in [0.3, 0.4) is 0 Å². The Bertz CT molecular complexity index is 1440. The molecule has 188 valence electrons. The first-order valence-corrected chi connectivity index (χ1v) is 13.1. The molecule has 9 heteroatoms. The van der Waals surface area contributed by atoms with E-state index in [9.17, 15) is 14.0 Å². The predicted molar refractivity (Wildman–Crippen MR) is 147 cm³/mol. The van der Waals surface area contributed by atoms with Crippen LogP contribution in [-0.4, -0.2) is 33.0 Å². The molecule has 3 aromatic rings. The van der Waals surface area contributed by atoms with Crippen LogP contribution in [0.1, 0.15) is 41.1 Å². The van der Waals surface area contributed by atoms with Crippen molar-refractivity contribution in [1.29, 1.82) is 0 Å². The molecule has 0 saturated heterocycles. The van der Waals surface area contributed by atoms with Crippen LogP contribution in [0.4, 0.5) is 10.1 Å². The van der Waals surface area contributed by atoms with Crippen molar-refractivity contribution in [3.63, 3.8) is 0 Å². The van der Waals surface area contributed by atoms with E-state index >= 15 is 0 Å². The minimum atomic E-state index is -0.698. The van der Waals surface area contributed by atoms with Crippen molar-refractivity contribution in [3.8, 4) is 0 Å². The van der Waals surface area contributed by atoms with E-state index in [2.05, 4.69) is 10.3 Å². The Morgan fingerprint density at radius 3 is 2.62 bits per heavy atom. The van der Waals surface area contributed by atoms with Crippen LogP contribution >= 0.6 is 23.4 Å². The largest absolute Gasteiger partial charge is 0.326 e. The van der Waals surface area contributed by atoms with E-state index in [-0.39, 0.29) is 12.5 Å². The van der Waals surface area contributed by atoms with Crippen LogP contribution < -0.4 is 5.32 Å². The number of benzene rings is 3. The minimum Gasteiger partial charge on any atom is -0.326 e. The van der Waals surface area contributed by atoms with Gasteiger partial charge in [0.25, 0.3) is 5.91 Å². The highest BCUT2D eigenvalue weighted by molar-refractivity contribution is 8.15. The number of aryl methyl sites for hydroxylation is 2. The number of thioether (sulfide) groups is 1. The molecule has 2 amide bonds. The highest BCUT2D eigenvalue weighted by Crippen LogP contribution is 2.40. The molecular formula is C28H24ClFN4O2S. The summed E-state index contributed by atoms with van der Waals surface area (Å²) in [7, 11) is 0. The molecular weight excluding hydrogens is 511 g/mol. The zero-order valence-corrected chi connectivity index (χ0v) is 21.8. The Kier molecular flexibility index (Phi) is 7.13. The van der Waals surface area contributed by atoms with E-state index in [1.807, 2.05) is 55.5 Å². The average Bonchev–Trinajstić information content (AvgIpc) is 3.46. The van der Waals surface area contributed by atoms with Crippen LogP contribution in [-0.2, 0) is 9.59 Å². The molecule has 6 nitrogen and oxygen atoms in total. The Morgan fingerprint density at radius 2 is 1.89 bits per heavy atom. The summed E-state index contributed by atoms with van der Waals surface area (Å²) in [6.07, 6.45) is 0.496. The number of rotatable bonds is 5. The Morgan fingerprint density at radius 1 is 1.14 bits per heavy atom. The number of nitrogens with one attached hydrogen (secondary N) is 1. The fourth-order valence-corrected chi connectivity index (χ4v) is 5.57. The monoisotopic (exact) mass is 534 g/mol. The standard InChI is InChI=1S/C28H24ClFN4O2S/c1-16-7-10-18(11-8-16)23-14-24(20-5-3-4-6-21(20)29)34(33-23)28-32-27(36)25(37-28)15-26(35)31-19-12-9-17(2)22(30)13-19/h3-13,24-25H,14-15H2,1-2H3,(H,31,35)/t24-,25+/m1/s1. The topological polar surface area (TPSA) is 74.1 Å². The number of nitrogens with zero attached hydrogens (tertiary/aromatic N) is 3. The molecule has 0 fully saturated rings. The van der Waals surface area contributed by atoms with Gasteiger partial charge in [0.05, 0.1) is 11.8 Å². The number of aliphatic imine (C=N–C) groups is 1. The second-order valence-electron chi connectivity index (χ2n) is 9.05. The molecule has 0 radical (unpaired) electrons. The van der Waals surface area contributed by atoms with E-state index in [1.165, 1.54) is 17.8 Å². The summed E-state index contributed by atoms with van der Waals surface area (Å²) in [6, 6.07) is 19.9. The van der Waals surface area contributed by atoms with Crippen molar-refractivity contribution in [3.05, 3.63) is 99.8 Å². The van der Waals surface area contributed by atoms with Gasteiger partial charge in [-0.1, -0.05) is 77.5 Å². The molecule has 0 aliphatic carbocycles. The number of carbonyl (C=O) groups excluding carboxylic acids is 2. The fourth-order valence-electron chi connectivity index (χ4n) is 4.25. The average molecular weight is 535 g/mol. The Hall–Kier alpha value is -3.49. The molecule has 2 heterocycles. The van der Waals surface area contributed by atoms with Gasteiger partial charge in [-0.2, -0.15) is 10.1 Å². The summed E-state index contributed by atoms with van der Waals surface area (Å²) in [5.74, 6) is -1.20. The summed E-state index contributed by atoms with van der Waals surface area (Å²) >= 11 is 7.75. The van der Waals surface area contributed by atoms with E-state index in [0.717, 1.165) is 22.4 Å². The SMILES string of the molecule is Cc1ccc(C2=NN(C3=NC(=O)[C@H](CC(=O)Nc4ccc(C)c(F)c4)S3)[C@@H](c3ccccc3Cl)C2)cc1. The summed E-state index contributed by atoms with van der Waals surface area (Å²) in [5, 5.41) is 9.59. The normalized spacial score (nSPS) is 19.1. The zero-order chi connectivity index (χ0) is 26.1. The van der Waals surface area contributed by atoms with Gasteiger partial charge in [0.2, 0.25) is 5.91 Å². The van der Waals surface area contributed by atoms with Crippen molar-refractivity contribution >= 4 is 51.7 Å². The maximum absolute atomic E-state index is 13.8. The Labute approximate surface area is 223 Å². The van der Waals surface area contributed by atoms with Crippen LogP contribution in [0, 0.1) is 19.7 Å². The smallest absolute Gasteiger partial charge is 0.262 e. The fraction of sp³-hybridized carbons (Fsp3) is 0.214. The van der Waals surface area contributed by atoms with Gasteiger partial charge in [-0.3, -0.25) is 9.59 Å². The molecule has 0 spiro atoms. The highest BCUT2D eigenvalue weighted by atomic mass is 35.5. The highest BCUT2D eigenvalue weighted by Gasteiger charge is 2.39. The molecule has 0 bridgehead atoms. The minimum absolute atomic E-state index is 0.0921. The molecule has 1 N–H and O–H groups in total. The van der Waals surface area contributed by atoms with Gasteiger partial charge < -0.3 is 5.32 Å². The molecule has 2 atom stereocenters. The third kappa shape index (κ3) is 5.45. The van der Waals surface area contributed by atoms with Crippen LogP contribution in [0.25, 0.3) is 0 Å². The third-order valence-corrected chi connectivity index (χ3v) is 7.80. The molecule has 5 rings (SSSR count). The summed E-state index contributed by atoms with van der Waals surface area (Å²) in [6.45, 7) is 3.68. The van der Waals surface area contributed by atoms with Crippen LogP contribution in [0.15, 0.2) is 76.8 Å². The van der Waals surface area contributed by atoms with Gasteiger partial charge in [0, 0.05) is 23.6 Å². The number of hydrazone groups is 1. The number of amides is 2. The molecule has 2 aliphatic rings. The lowest BCUT2D eigenvalue weighted by atomic mass is 9.98. The van der Waals surface area contributed by atoms with Gasteiger partial charge >= 0.3 is 0 Å². The lowest BCUT2D eigenvalue weighted by Crippen LogP contribution is -2.25. The molecule has 37 heavy (non-hydrogen) atoms. The van der Waals surface area contributed by atoms with Gasteiger partial charge in [0.15, 0.2) is 5.17 Å². The number of amidine groups is 1. The maximum Gasteiger partial charge on any atom is 0.262 e. The van der Waals surface area contributed by atoms with Gasteiger partial charge in [-0.25, -0.2) is 9.40 Å². The first-order valence-electron chi connectivity index (χ1n) is 11.8. The first-order chi connectivity index (χ1) is 17.8. The zero-order valence-electron chi connectivity index (χ0n) is 20.2. The summed E-state index contributed by atoms with van der Waals surface area (Å²) in [4.78, 5) is 29.7. The van der Waals surface area contributed by atoms with Crippen LogP contribution in [0.2, 0.25) is 5.02 Å². The number of halogens is 2. The van der Waals surface area contributed by atoms with E-state index < -0.39 is 22.9 Å². The molecule has 2 aliphatic heterocycles. The molecule has 0 saturated carbocycles. The Balaban J connectivity index is 1.35. The number of carbonyl (C=O) groups is 2. The second-order valence-corrected chi connectivity index (χ2v) is 10.6. The summed E-state index contributed by atoms with van der Waals surface area (Å²) < 4.78 is 13.8. The molecule has 0 unspecified atom stereocenters. The lowest BCUT2D eigenvalue weighted by molar-refractivity contribution is -0.121. The first kappa shape index (κ1) is 25.2.